The number of hydrogen-bond donors (Lipinski definition) is 1. The van der Waals surface area contributed by atoms with Gasteiger partial charge < -0.3 is 15.0 Å². The average Bonchev–Trinajstić information content (AvgIpc) is 2.68. The molecular formula is C18H21N5O2. The number of anilines is 1. The summed E-state index contributed by atoms with van der Waals surface area (Å²) in [6, 6.07) is 7.38. The first-order chi connectivity index (χ1) is 12.3. The predicted octanol–water partition coefficient (Wildman–Crippen LogP) is 2.41. The molecule has 3 heterocycles. The Morgan fingerprint density at radius 3 is 2.88 bits per heavy atom. The smallest absolute Gasteiger partial charge is 0.161 e. The van der Waals surface area contributed by atoms with Crippen LogP contribution in [0.1, 0.15) is 18.2 Å². The fraction of sp³-hybridized carbons (Fsp3) is 0.444. The van der Waals surface area contributed by atoms with Gasteiger partial charge >= 0.3 is 0 Å². The van der Waals surface area contributed by atoms with Gasteiger partial charge in [-0.15, -0.1) is 4.91 Å². The van der Waals surface area contributed by atoms with E-state index < -0.39 is 0 Å². The minimum Gasteiger partial charge on any atom is -0.377 e. The number of aromatic nitrogens is 2. The van der Waals surface area contributed by atoms with Gasteiger partial charge in [-0.3, -0.25) is 0 Å². The molecule has 1 aromatic carbocycles. The molecule has 0 radical (unpaired) electrons. The minimum absolute atomic E-state index is 0.289. The van der Waals surface area contributed by atoms with Crippen LogP contribution in [0.25, 0.3) is 11.4 Å². The van der Waals surface area contributed by atoms with E-state index in [0.717, 1.165) is 49.7 Å². The summed E-state index contributed by atoms with van der Waals surface area (Å²) in [6.45, 7) is 6.14. The number of benzene rings is 1. The van der Waals surface area contributed by atoms with E-state index in [2.05, 4.69) is 22.3 Å². The molecule has 25 heavy (non-hydrogen) atoms. The molecule has 4 rings (SSSR count). The maximum absolute atomic E-state index is 10.6. The Labute approximate surface area is 146 Å². The van der Waals surface area contributed by atoms with Gasteiger partial charge in [-0.2, -0.15) is 0 Å². The lowest BCUT2D eigenvalue weighted by molar-refractivity contribution is 0.0984. The van der Waals surface area contributed by atoms with Gasteiger partial charge in [0.05, 0.1) is 24.9 Å². The number of nitroso groups, excluding NO2 is 1. The van der Waals surface area contributed by atoms with Crippen LogP contribution in [0.15, 0.2) is 29.4 Å². The zero-order chi connectivity index (χ0) is 17.2. The molecule has 1 atom stereocenters. The standard InChI is InChI=1S/C18H21N5O2/c1-12-11-25-9-8-23(12)18-15-6-7-19-10-16(15)20-17(21-18)13-2-4-14(22-24)5-3-13/h2-5,12,19H,6-11H2,1H3/t12-/m0/s1. The monoisotopic (exact) mass is 339 g/mol. The fourth-order valence-corrected chi connectivity index (χ4v) is 3.42. The Morgan fingerprint density at radius 2 is 2.12 bits per heavy atom. The third-order valence-corrected chi connectivity index (χ3v) is 4.79. The van der Waals surface area contributed by atoms with E-state index in [1.54, 1.807) is 12.1 Å². The van der Waals surface area contributed by atoms with Gasteiger partial charge in [-0.05, 0) is 49.3 Å². The van der Waals surface area contributed by atoms with E-state index in [1.165, 1.54) is 5.56 Å². The maximum atomic E-state index is 10.6. The number of hydrogen-bond acceptors (Lipinski definition) is 7. The Balaban J connectivity index is 1.79. The Morgan fingerprint density at radius 1 is 1.28 bits per heavy atom. The summed E-state index contributed by atoms with van der Waals surface area (Å²) < 4.78 is 5.58. The SMILES string of the molecule is C[C@H]1COCCN1c1nc(-c2ccc(N=O)cc2)nc2c1CCNC2. The number of nitrogens with zero attached hydrogens (tertiary/aromatic N) is 4. The molecule has 0 saturated carbocycles. The first kappa shape index (κ1) is 16.1. The summed E-state index contributed by atoms with van der Waals surface area (Å²) in [5, 5.41) is 6.34. The van der Waals surface area contributed by atoms with E-state index in [4.69, 9.17) is 14.7 Å². The van der Waals surface area contributed by atoms with Crippen molar-refractivity contribution in [3.8, 4) is 11.4 Å². The summed E-state index contributed by atoms with van der Waals surface area (Å²) in [6.07, 6.45) is 0.934. The van der Waals surface area contributed by atoms with E-state index in [-0.39, 0.29) is 6.04 Å². The van der Waals surface area contributed by atoms with Gasteiger partial charge in [0.1, 0.15) is 11.5 Å². The van der Waals surface area contributed by atoms with E-state index in [0.29, 0.717) is 18.1 Å². The molecule has 0 aliphatic carbocycles. The van der Waals surface area contributed by atoms with Gasteiger partial charge in [-0.25, -0.2) is 9.97 Å². The van der Waals surface area contributed by atoms with Crippen molar-refractivity contribution >= 4 is 11.5 Å². The van der Waals surface area contributed by atoms with Crippen LogP contribution in [0.2, 0.25) is 0 Å². The molecule has 7 nitrogen and oxygen atoms in total. The second-order valence-electron chi connectivity index (χ2n) is 6.48. The topological polar surface area (TPSA) is 79.7 Å². The highest BCUT2D eigenvalue weighted by molar-refractivity contribution is 5.63. The summed E-state index contributed by atoms with van der Waals surface area (Å²) in [4.78, 5) is 22.7. The van der Waals surface area contributed by atoms with Gasteiger partial charge in [0.2, 0.25) is 0 Å². The predicted molar refractivity (Wildman–Crippen MR) is 96.0 cm³/mol. The Hall–Kier alpha value is -2.38. The Bertz CT molecular complexity index is 778. The largest absolute Gasteiger partial charge is 0.377 e. The first-order valence-electron chi connectivity index (χ1n) is 8.65. The zero-order valence-corrected chi connectivity index (χ0v) is 14.2. The average molecular weight is 339 g/mol. The first-order valence-corrected chi connectivity index (χ1v) is 8.65. The van der Waals surface area contributed by atoms with Crippen molar-refractivity contribution in [1.29, 1.82) is 0 Å². The molecule has 1 aromatic heterocycles. The minimum atomic E-state index is 0.289. The van der Waals surface area contributed by atoms with Crippen molar-refractivity contribution in [2.24, 2.45) is 5.18 Å². The van der Waals surface area contributed by atoms with Crippen LogP contribution >= 0.6 is 0 Å². The van der Waals surface area contributed by atoms with Crippen LogP contribution in [0.4, 0.5) is 11.5 Å². The Kier molecular flexibility index (Phi) is 4.42. The number of nitrogens with one attached hydrogen (secondary N) is 1. The lowest BCUT2D eigenvalue weighted by Gasteiger charge is -2.36. The van der Waals surface area contributed by atoms with Gasteiger partial charge in [-0.1, -0.05) is 0 Å². The molecule has 0 amide bonds. The van der Waals surface area contributed by atoms with Crippen molar-refractivity contribution in [2.75, 3.05) is 31.2 Å². The van der Waals surface area contributed by atoms with Crippen LogP contribution in [-0.2, 0) is 17.7 Å². The molecule has 130 valence electrons. The van der Waals surface area contributed by atoms with E-state index in [9.17, 15) is 4.91 Å². The molecule has 0 bridgehead atoms. The third-order valence-electron chi connectivity index (χ3n) is 4.79. The molecule has 2 aliphatic rings. The molecule has 0 unspecified atom stereocenters. The summed E-state index contributed by atoms with van der Waals surface area (Å²) in [5.74, 6) is 1.71. The summed E-state index contributed by atoms with van der Waals surface area (Å²) >= 11 is 0. The summed E-state index contributed by atoms with van der Waals surface area (Å²) in [7, 11) is 0. The van der Waals surface area contributed by atoms with E-state index in [1.807, 2.05) is 12.1 Å². The van der Waals surface area contributed by atoms with Crippen LogP contribution in [0, 0.1) is 4.91 Å². The molecule has 1 saturated heterocycles. The van der Waals surface area contributed by atoms with Gasteiger partial charge in [0.15, 0.2) is 5.82 Å². The lowest BCUT2D eigenvalue weighted by Crippen LogP contribution is -2.45. The van der Waals surface area contributed by atoms with Crippen molar-refractivity contribution < 1.29 is 4.74 Å². The van der Waals surface area contributed by atoms with Crippen LogP contribution < -0.4 is 10.2 Å². The molecule has 7 heteroatoms. The second-order valence-corrected chi connectivity index (χ2v) is 6.48. The van der Waals surface area contributed by atoms with Crippen molar-refractivity contribution in [3.05, 3.63) is 40.4 Å². The van der Waals surface area contributed by atoms with Crippen LogP contribution in [0.5, 0.6) is 0 Å². The molecule has 2 aliphatic heterocycles. The highest BCUT2D eigenvalue weighted by atomic mass is 16.5. The highest BCUT2D eigenvalue weighted by Gasteiger charge is 2.26. The normalized spacial score (nSPS) is 20.2. The molecule has 1 fully saturated rings. The van der Waals surface area contributed by atoms with Gasteiger partial charge in [0, 0.05) is 24.2 Å². The fourth-order valence-electron chi connectivity index (χ4n) is 3.42. The van der Waals surface area contributed by atoms with Crippen molar-refractivity contribution in [1.82, 2.24) is 15.3 Å². The highest BCUT2D eigenvalue weighted by Crippen LogP contribution is 2.30. The van der Waals surface area contributed by atoms with E-state index >= 15 is 0 Å². The van der Waals surface area contributed by atoms with Gasteiger partial charge in [0.25, 0.3) is 0 Å². The third kappa shape index (κ3) is 3.12. The van der Waals surface area contributed by atoms with Crippen molar-refractivity contribution in [2.45, 2.75) is 25.9 Å². The van der Waals surface area contributed by atoms with Crippen molar-refractivity contribution in [3.63, 3.8) is 0 Å². The molecule has 0 spiro atoms. The van der Waals surface area contributed by atoms with Crippen LogP contribution in [-0.4, -0.2) is 42.3 Å². The lowest BCUT2D eigenvalue weighted by atomic mass is 10.0. The molecule has 2 aromatic rings. The number of morpholine rings is 1. The second kappa shape index (κ2) is 6.85. The molecular weight excluding hydrogens is 318 g/mol. The number of ether oxygens (including phenoxy) is 1. The molecule has 1 N–H and O–H groups in total. The number of rotatable bonds is 3. The quantitative estimate of drug-likeness (QED) is 0.865. The van der Waals surface area contributed by atoms with Crippen LogP contribution in [0.3, 0.4) is 0 Å². The maximum Gasteiger partial charge on any atom is 0.161 e. The zero-order valence-electron chi connectivity index (χ0n) is 14.2. The number of fused-ring (bicyclic) bond motifs is 1. The summed E-state index contributed by atoms with van der Waals surface area (Å²) in [5.41, 5.74) is 3.60.